The first-order chi connectivity index (χ1) is 14.6. The maximum absolute atomic E-state index is 13.2. The highest BCUT2D eigenvalue weighted by molar-refractivity contribution is 6.04. The van der Waals surface area contributed by atoms with Gasteiger partial charge in [0.1, 0.15) is 6.10 Å². The van der Waals surface area contributed by atoms with Crippen molar-refractivity contribution in [2.75, 3.05) is 0 Å². The van der Waals surface area contributed by atoms with Crippen molar-refractivity contribution in [3.63, 3.8) is 0 Å². The van der Waals surface area contributed by atoms with Crippen LogP contribution in [0.2, 0.25) is 0 Å². The van der Waals surface area contributed by atoms with Crippen molar-refractivity contribution in [3.8, 4) is 0 Å². The third-order valence-corrected chi connectivity index (χ3v) is 6.74. The van der Waals surface area contributed by atoms with Gasteiger partial charge in [-0.05, 0) is 57.1 Å². The number of carbonyl (C=O) groups is 3. The molecule has 0 heterocycles. The summed E-state index contributed by atoms with van der Waals surface area (Å²) in [6.45, 7) is 19.6. The highest BCUT2D eigenvalue weighted by Gasteiger charge is 2.56. The first-order valence-electron chi connectivity index (χ1n) is 11.2. The number of allylic oxidation sites excluding steroid dienone is 3. The summed E-state index contributed by atoms with van der Waals surface area (Å²) in [6, 6.07) is 0. The van der Waals surface area contributed by atoms with Crippen LogP contribution in [0, 0.1) is 23.7 Å². The first kappa shape index (κ1) is 24.8. The summed E-state index contributed by atoms with van der Waals surface area (Å²) < 4.78 is 11.5. The zero-order valence-electron chi connectivity index (χ0n) is 19.7. The Labute approximate surface area is 186 Å². The minimum atomic E-state index is -0.943. The molecule has 2 rings (SSSR count). The molecule has 2 aliphatic carbocycles. The molecule has 0 bridgehead atoms. The lowest BCUT2D eigenvalue weighted by atomic mass is 9.66. The predicted molar refractivity (Wildman–Crippen MR) is 121 cm³/mol. The van der Waals surface area contributed by atoms with E-state index in [1.165, 1.54) is 6.08 Å². The molecular weight excluding hydrogens is 392 g/mol. The van der Waals surface area contributed by atoms with E-state index in [2.05, 4.69) is 13.2 Å². The summed E-state index contributed by atoms with van der Waals surface area (Å²) in [4.78, 5) is 38.2. The van der Waals surface area contributed by atoms with Crippen LogP contribution in [0.1, 0.15) is 60.8 Å². The van der Waals surface area contributed by atoms with Gasteiger partial charge in [-0.15, -0.1) is 0 Å². The Balaban J connectivity index is 2.43. The van der Waals surface area contributed by atoms with Crippen LogP contribution >= 0.6 is 0 Å². The Kier molecular flexibility index (Phi) is 8.21. The number of carbonyl (C=O) groups excluding carboxylic acids is 3. The number of ketones is 1. The van der Waals surface area contributed by atoms with Crippen molar-refractivity contribution < 1.29 is 23.9 Å². The van der Waals surface area contributed by atoms with Crippen LogP contribution in [0.5, 0.6) is 0 Å². The zero-order valence-corrected chi connectivity index (χ0v) is 19.7. The highest BCUT2D eigenvalue weighted by atomic mass is 16.6. The summed E-state index contributed by atoms with van der Waals surface area (Å²) in [5.41, 5.74) is 3.11. The number of rotatable bonds is 7. The number of hydrogen-bond acceptors (Lipinski definition) is 5. The van der Waals surface area contributed by atoms with Crippen molar-refractivity contribution in [1.29, 1.82) is 0 Å². The van der Waals surface area contributed by atoms with Crippen molar-refractivity contribution in [1.82, 2.24) is 0 Å². The van der Waals surface area contributed by atoms with Gasteiger partial charge in [-0.1, -0.05) is 51.2 Å². The van der Waals surface area contributed by atoms with Crippen molar-refractivity contribution in [3.05, 3.63) is 47.6 Å². The van der Waals surface area contributed by atoms with Crippen molar-refractivity contribution in [2.45, 2.75) is 73.0 Å². The van der Waals surface area contributed by atoms with Gasteiger partial charge in [-0.25, -0.2) is 4.79 Å². The predicted octanol–water partition coefficient (Wildman–Crippen LogP) is 5.13. The van der Waals surface area contributed by atoms with Crippen LogP contribution in [-0.4, -0.2) is 29.9 Å². The van der Waals surface area contributed by atoms with Gasteiger partial charge in [-0.2, -0.15) is 0 Å². The lowest BCUT2D eigenvalue weighted by molar-refractivity contribution is -0.160. The summed E-state index contributed by atoms with van der Waals surface area (Å²) in [5.74, 6) is -1.99. The fourth-order valence-corrected chi connectivity index (χ4v) is 4.49. The molecule has 0 N–H and O–H groups in total. The topological polar surface area (TPSA) is 69.7 Å². The highest BCUT2D eigenvalue weighted by Crippen LogP contribution is 2.52. The first-order valence-corrected chi connectivity index (χ1v) is 11.2. The average Bonchev–Trinajstić information content (AvgIpc) is 3.00. The Morgan fingerprint density at radius 3 is 2.35 bits per heavy atom. The van der Waals surface area contributed by atoms with Gasteiger partial charge in [0.05, 0.1) is 5.92 Å². The molecule has 5 nitrogen and oxygen atoms in total. The molecule has 0 aromatic rings. The molecule has 0 aliphatic heterocycles. The second kappa shape index (κ2) is 10.3. The molecule has 0 radical (unpaired) electrons. The molecule has 5 heteroatoms. The fraction of sp³-hybridized carbons (Fsp3) is 0.577. The van der Waals surface area contributed by atoms with Gasteiger partial charge in [-0.3, -0.25) is 9.59 Å². The molecule has 2 fully saturated rings. The van der Waals surface area contributed by atoms with E-state index < -0.39 is 30.1 Å². The Morgan fingerprint density at radius 2 is 1.84 bits per heavy atom. The molecule has 0 aromatic heterocycles. The van der Waals surface area contributed by atoms with E-state index in [-0.39, 0.29) is 23.5 Å². The lowest BCUT2D eigenvalue weighted by Gasteiger charge is -2.41. The summed E-state index contributed by atoms with van der Waals surface area (Å²) in [6.07, 6.45) is 3.69. The average molecular weight is 429 g/mol. The van der Waals surface area contributed by atoms with Crippen LogP contribution in [0.3, 0.4) is 0 Å². The van der Waals surface area contributed by atoms with E-state index >= 15 is 0 Å². The Bertz CT molecular complexity index is 831. The molecule has 1 unspecified atom stereocenters. The van der Waals surface area contributed by atoms with Gasteiger partial charge in [0.2, 0.25) is 0 Å². The second-order valence-electron chi connectivity index (χ2n) is 8.86. The van der Waals surface area contributed by atoms with Crippen LogP contribution in [0.4, 0.5) is 0 Å². The number of hydrogen-bond donors (Lipinski definition) is 0. The maximum Gasteiger partial charge on any atom is 0.331 e. The van der Waals surface area contributed by atoms with Gasteiger partial charge in [0.25, 0.3) is 0 Å². The smallest absolute Gasteiger partial charge is 0.331 e. The van der Waals surface area contributed by atoms with Crippen LogP contribution in [0.25, 0.3) is 0 Å². The molecule has 0 aromatic carbocycles. The molecular formula is C26H36O5. The van der Waals surface area contributed by atoms with Crippen molar-refractivity contribution in [2.24, 2.45) is 23.7 Å². The van der Waals surface area contributed by atoms with E-state index in [0.717, 1.165) is 17.6 Å². The van der Waals surface area contributed by atoms with Crippen molar-refractivity contribution >= 4 is 17.7 Å². The van der Waals surface area contributed by atoms with Gasteiger partial charge < -0.3 is 9.47 Å². The molecule has 0 amide bonds. The molecule has 31 heavy (non-hydrogen) atoms. The van der Waals surface area contributed by atoms with Crippen LogP contribution in [0.15, 0.2) is 47.6 Å². The van der Waals surface area contributed by atoms with Gasteiger partial charge >= 0.3 is 11.9 Å². The summed E-state index contributed by atoms with van der Waals surface area (Å²) in [5, 5.41) is 0. The molecule has 0 saturated heterocycles. The summed E-state index contributed by atoms with van der Waals surface area (Å²) >= 11 is 0. The third-order valence-electron chi connectivity index (χ3n) is 6.74. The fourth-order valence-electron chi connectivity index (χ4n) is 4.49. The van der Waals surface area contributed by atoms with E-state index in [9.17, 15) is 14.4 Å². The Morgan fingerprint density at radius 1 is 1.19 bits per heavy atom. The van der Waals surface area contributed by atoms with Gasteiger partial charge in [0.15, 0.2) is 11.9 Å². The van der Waals surface area contributed by atoms with E-state index in [1.807, 2.05) is 34.6 Å². The number of esters is 2. The molecule has 0 spiro atoms. The molecule has 6 atom stereocenters. The zero-order chi connectivity index (χ0) is 23.5. The van der Waals surface area contributed by atoms with E-state index in [1.54, 1.807) is 13.0 Å². The maximum atomic E-state index is 13.2. The number of ether oxygens (including phenoxy) is 2. The van der Waals surface area contributed by atoms with Crippen LogP contribution in [-0.2, 0) is 23.9 Å². The third kappa shape index (κ3) is 5.08. The molecule has 2 aliphatic rings. The molecule has 170 valence electrons. The van der Waals surface area contributed by atoms with E-state index in [4.69, 9.17) is 9.47 Å². The number of fused-ring (bicyclic) bond motifs is 1. The monoisotopic (exact) mass is 428 g/mol. The molecule has 2 saturated carbocycles. The summed E-state index contributed by atoms with van der Waals surface area (Å²) in [7, 11) is 0. The quantitative estimate of drug-likeness (QED) is 0.320. The van der Waals surface area contributed by atoms with Gasteiger partial charge in [0, 0.05) is 17.9 Å². The van der Waals surface area contributed by atoms with E-state index in [0.29, 0.717) is 24.0 Å². The largest absolute Gasteiger partial charge is 0.455 e. The minimum Gasteiger partial charge on any atom is -0.455 e. The second-order valence-corrected chi connectivity index (χ2v) is 8.86. The lowest BCUT2D eigenvalue weighted by Crippen LogP contribution is -2.42. The normalized spacial score (nSPS) is 30.7. The number of Topliss-reactive ketones (excluding diaryl/α,β-unsaturated/α-hetero) is 1. The van der Waals surface area contributed by atoms with Crippen LogP contribution < -0.4 is 0 Å². The SMILES string of the molecule is C=C1[C@H]2[C@@H](/C(=C\C)C(=O)[C@H]2OC(=O)C(C)CC)[C@H](C(=C)C)C[C@H]1OC(=O)/C=C(\C)CC. The Hall–Kier alpha value is -2.43. The minimum absolute atomic E-state index is 0.0768. The standard InChI is InChI=1S/C26H36O5/c1-9-15(6)12-21(27)30-20-13-19(14(4)5)23-18(11-3)24(28)25(22(23)17(20)8)31-26(29)16(7)10-2/h11-12,16,19-20,22-23,25H,4,8-10,13H2,1-3,5-7H3/b15-12+,18-11+/t16?,19-,20+,22-,23-,25-/m0/s1.